The minimum atomic E-state index is -0.149. The van der Waals surface area contributed by atoms with Crippen molar-refractivity contribution >= 4 is 35.5 Å². The fraction of sp³-hybridized carbons (Fsp3) is 0.167. The second kappa shape index (κ2) is 9.00. The lowest BCUT2D eigenvalue weighted by molar-refractivity contribution is -0.113. The van der Waals surface area contributed by atoms with Crippen molar-refractivity contribution in [2.45, 2.75) is 19.0 Å². The van der Waals surface area contributed by atoms with E-state index in [0.29, 0.717) is 5.16 Å². The van der Waals surface area contributed by atoms with Gasteiger partial charge in [-0.3, -0.25) is 9.78 Å². The van der Waals surface area contributed by atoms with Crippen LogP contribution in [0.25, 0.3) is 0 Å². The SMILES string of the molecule is Cc1ccc(NC(=O)CSc2nnc(N/N=C/c3cccnc3)n2N)c(C)c1. The van der Waals surface area contributed by atoms with E-state index in [1.165, 1.54) is 16.4 Å². The summed E-state index contributed by atoms with van der Waals surface area (Å²) >= 11 is 1.18. The molecule has 0 aliphatic carbocycles. The minimum Gasteiger partial charge on any atom is -0.334 e. The minimum absolute atomic E-state index is 0.149. The van der Waals surface area contributed by atoms with Crippen LogP contribution in [0.5, 0.6) is 0 Å². The van der Waals surface area contributed by atoms with Crippen molar-refractivity contribution in [1.29, 1.82) is 0 Å². The molecular formula is C18H20N8OS. The maximum atomic E-state index is 12.2. The van der Waals surface area contributed by atoms with Crippen LogP contribution in [0.15, 0.2) is 53.0 Å². The Hall–Kier alpha value is -3.40. The van der Waals surface area contributed by atoms with Crippen molar-refractivity contribution in [3.63, 3.8) is 0 Å². The third-order valence-corrected chi connectivity index (χ3v) is 4.66. The summed E-state index contributed by atoms with van der Waals surface area (Å²) in [5, 5.41) is 15.2. The Morgan fingerprint density at radius 3 is 2.93 bits per heavy atom. The number of rotatable bonds is 7. The molecule has 144 valence electrons. The van der Waals surface area contributed by atoms with Crippen LogP contribution < -0.4 is 16.6 Å². The number of nitrogens with two attached hydrogens (primary N) is 1. The molecule has 9 nitrogen and oxygen atoms in total. The molecule has 3 aromatic rings. The number of benzene rings is 1. The Bertz CT molecular complexity index is 987. The van der Waals surface area contributed by atoms with Crippen molar-refractivity contribution in [1.82, 2.24) is 19.9 Å². The molecule has 0 saturated carbocycles. The van der Waals surface area contributed by atoms with Gasteiger partial charge in [0, 0.05) is 23.6 Å². The standard InChI is InChI=1S/C18H20N8OS/c1-12-5-6-15(13(2)8-12)22-16(27)11-28-18-25-24-17(26(18)19)23-21-10-14-4-3-7-20-9-14/h3-10H,11,19H2,1-2H3,(H,22,27)(H,23,24)/b21-10+. The van der Waals surface area contributed by atoms with E-state index < -0.39 is 0 Å². The molecule has 0 bridgehead atoms. The van der Waals surface area contributed by atoms with Gasteiger partial charge in [0.15, 0.2) is 0 Å². The van der Waals surface area contributed by atoms with Crippen LogP contribution in [0, 0.1) is 13.8 Å². The van der Waals surface area contributed by atoms with E-state index in [1.807, 2.05) is 44.2 Å². The van der Waals surface area contributed by atoms with E-state index >= 15 is 0 Å². The summed E-state index contributed by atoms with van der Waals surface area (Å²) in [5.41, 5.74) is 6.49. The quantitative estimate of drug-likeness (QED) is 0.242. The lowest BCUT2D eigenvalue weighted by atomic mass is 10.1. The van der Waals surface area contributed by atoms with Gasteiger partial charge < -0.3 is 11.2 Å². The number of amides is 1. The van der Waals surface area contributed by atoms with Gasteiger partial charge >= 0.3 is 0 Å². The highest BCUT2D eigenvalue weighted by atomic mass is 32.2. The summed E-state index contributed by atoms with van der Waals surface area (Å²) in [6.07, 6.45) is 4.95. The molecule has 0 saturated heterocycles. The number of hydrazone groups is 1. The summed E-state index contributed by atoms with van der Waals surface area (Å²) < 4.78 is 1.25. The summed E-state index contributed by atoms with van der Waals surface area (Å²) in [4.78, 5) is 16.2. The first kappa shape index (κ1) is 19.4. The summed E-state index contributed by atoms with van der Waals surface area (Å²) in [6, 6.07) is 9.53. The fourth-order valence-corrected chi connectivity index (χ4v) is 3.00. The summed E-state index contributed by atoms with van der Waals surface area (Å²) in [5.74, 6) is 6.22. The van der Waals surface area contributed by atoms with Crippen LogP contribution in [0.2, 0.25) is 0 Å². The van der Waals surface area contributed by atoms with Crippen LogP contribution >= 0.6 is 11.8 Å². The lowest BCUT2D eigenvalue weighted by Crippen LogP contribution is -2.17. The van der Waals surface area contributed by atoms with Crippen LogP contribution in [0.4, 0.5) is 11.6 Å². The zero-order valence-electron chi connectivity index (χ0n) is 15.5. The molecule has 0 aliphatic rings. The molecule has 0 fully saturated rings. The van der Waals surface area contributed by atoms with Gasteiger partial charge in [-0.05, 0) is 31.5 Å². The molecule has 0 radical (unpaired) electrons. The summed E-state index contributed by atoms with van der Waals surface area (Å²) in [7, 11) is 0. The number of aromatic nitrogens is 4. The van der Waals surface area contributed by atoms with Gasteiger partial charge in [0.25, 0.3) is 5.95 Å². The molecule has 2 heterocycles. The van der Waals surface area contributed by atoms with Gasteiger partial charge in [-0.15, -0.1) is 10.2 Å². The molecule has 2 aromatic heterocycles. The van der Waals surface area contributed by atoms with Crippen LogP contribution in [-0.2, 0) is 4.79 Å². The Kier molecular flexibility index (Phi) is 6.22. The number of anilines is 2. The second-order valence-corrected chi connectivity index (χ2v) is 6.93. The Morgan fingerprint density at radius 1 is 1.32 bits per heavy atom. The third kappa shape index (κ3) is 5.07. The Morgan fingerprint density at radius 2 is 2.18 bits per heavy atom. The number of nitrogens with zero attached hydrogens (tertiary/aromatic N) is 5. The third-order valence-electron chi connectivity index (χ3n) is 3.72. The highest BCUT2D eigenvalue weighted by Crippen LogP contribution is 2.19. The molecule has 0 spiro atoms. The number of nitrogen functional groups attached to an aromatic ring is 1. The van der Waals surface area contributed by atoms with Gasteiger partial charge in [0.05, 0.1) is 12.0 Å². The summed E-state index contributed by atoms with van der Waals surface area (Å²) in [6.45, 7) is 3.96. The Balaban J connectivity index is 1.53. The normalized spacial score (nSPS) is 10.9. The van der Waals surface area contributed by atoms with Crippen molar-refractivity contribution in [3.8, 4) is 0 Å². The number of thioether (sulfide) groups is 1. The van der Waals surface area contributed by atoms with Crippen molar-refractivity contribution < 1.29 is 4.79 Å². The first-order valence-electron chi connectivity index (χ1n) is 8.42. The Labute approximate surface area is 166 Å². The zero-order chi connectivity index (χ0) is 19.9. The van der Waals surface area contributed by atoms with Crippen molar-refractivity contribution in [3.05, 3.63) is 59.4 Å². The van der Waals surface area contributed by atoms with E-state index in [0.717, 1.165) is 22.4 Å². The van der Waals surface area contributed by atoms with E-state index in [-0.39, 0.29) is 17.6 Å². The number of aryl methyl sites for hydroxylation is 2. The molecule has 4 N–H and O–H groups in total. The number of hydrogen-bond donors (Lipinski definition) is 3. The predicted molar refractivity (Wildman–Crippen MR) is 111 cm³/mol. The average Bonchev–Trinajstić information content (AvgIpc) is 3.03. The molecule has 3 rings (SSSR count). The van der Waals surface area contributed by atoms with E-state index in [9.17, 15) is 4.79 Å². The first-order valence-corrected chi connectivity index (χ1v) is 9.41. The number of hydrogen-bond acceptors (Lipinski definition) is 8. The maximum Gasteiger partial charge on any atom is 0.264 e. The first-order chi connectivity index (χ1) is 13.5. The van der Waals surface area contributed by atoms with E-state index in [2.05, 4.69) is 31.0 Å². The molecule has 28 heavy (non-hydrogen) atoms. The van der Waals surface area contributed by atoms with Crippen LogP contribution in [0.1, 0.15) is 16.7 Å². The van der Waals surface area contributed by atoms with Crippen molar-refractivity contribution in [2.75, 3.05) is 22.3 Å². The second-order valence-electron chi connectivity index (χ2n) is 5.99. The molecule has 10 heteroatoms. The molecular weight excluding hydrogens is 376 g/mol. The molecule has 0 unspecified atom stereocenters. The van der Waals surface area contributed by atoms with Crippen LogP contribution in [-0.4, -0.2) is 37.7 Å². The monoisotopic (exact) mass is 396 g/mol. The van der Waals surface area contributed by atoms with Crippen LogP contribution in [0.3, 0.4) is 0 Å². The molecule has 0 atom stereocenters. The van der Waals surface area contributed by atoms with Gasteiger partial charge in [-0.25, -0.2) is 10.1 Å². The molecule has 0 aliphatic heterocycles. The highest BCUT2D eigenvalue weighted by Gasteiger charge is 2.12. The zero-order valence-corrected chi connectivity index (χ0v) is 16.3. The molecule has 1 amide bonds. The number of carbonyl (C=O) groups excluding carboxylic acids is 1. The lowest BCUT2D eigenvalue weighted by Gasteiger charge is -2.08. The number of carbonyl (C=O) groups is 1. The van der Waals surface area contributed by atoms with Gasteiger partial charge in [0.2, 0.25) is 11.1 Å². The number of nitrogens with one attached hydrogen (secondary N) is 2. The van der Waals surface area contributed by atoms with Gasteiger partial charge in [-0.1, -0.05) is 35.5 Å². The van der Waals surface area contributed by atoms with E-state index in [1.54, 1.807) is 18.6 Å². The van der Waals surface area contributed by atoms with Gasteiger partial charge in [0.1, 0.15) is 0 Å². The smallest absolute Gasteiger partial charge is 0.264 e. The predicted octanol–water partition coefficient (Wildman–Crippen LogP) is 2.18. The highest BCUT2D eigenvalue weighted by molar-refractivity contribution is 7.99. The van der Waals surface area contributed by atoms with Crippen molar-refractivity contribution in [2.24, 2.45) is 5.10 Å². The fourth-order valence-electron chi connectivity index (χ4n) is 2.34. The average molecular weight is 396 g/mol. The van der Waals surface area contributed by atoms with E-state index in [4.69, 9.17) is 5.84 Å². The largest absolute Gasteiger partial charge is 0.334 e. The number of pyridine rings is 1. The maximum absolute atomic E-state index is 12.2. The van der Waals surface area contributed by atoms with Gasteiger partial charge in [-0.2, -0.15) is 5.10 Å². The topological polar surface area (TPSA) is 123 Å². The molecule has 1 aromatic carbocycles.